The number of halogens is 1. The summed E-state index contributed by atoms with van der Waals surface area (Å²) in [5.41, 5.74) is 8.58. The molecule has 1 aromatic carbocycles. The largest absolute Gasteiger partial charge is 0.329 e. The van der Waals surface area contributed by atoms with Crippen LogP contribution in [0.4, 0.5) is 0 Å². The lowest BCUT2D eigenvalue weighted by Crippen LogP contribution is -2.29. The molecular weight excluding hydrogens is 276 g/mol. The number of rotatable bonds is 5. The molecule has 1 aromatic heterocycles. The third-order valence-corrected chi connectivity index (χ3v) is 4.73. The van der Waals surface area contributed by atoms with E-state index in [-0.39, 0.29) is 6.04 Å². The lowest BCUT2D eigenvalue weighted by molar-refractivity contribution is 0.244. The molecule has 4 heteroatoms. The first-order chi connectivity index (χ1) is 9.11. The molecule has 0 aliphatic rings. The maximum atomic E-state index is 6.00. The van der Waals surface area contributed by atoms with Crippen LogP contribution in [-0.2, 0) is 6.54 Å². The van der Waals surface area contributed by atoms with Gasteiger partial charge in [-0.25, -0.2) is 0 Å². The number of hydrogen-bond donors (Lipinski definition) is 1. The molecular formula is C15H19ClN2S. The monoisotopic (exact) mass is 294 g/mol. The lowest BCUT2D eigenvalue weighted by Gasteiger charge is -2.26. The molecule has 0 spiro atoms. The maximum absolute atomic E-state index is 6.00. The fourth-order valence-electron chi connectivity index (χ4n) is 2.18. The summed E-state index contributed by atoms with van der Waals surface area (Å²) < 4.78 is 0. The van der Waals surface area contributed by atoms with Crippen LogP contribution in [0.25, 0.3) is 0 Å². The number of aryl methyl sites for hydroxylation is 1. The van der Waals surface area contributed by atoms with E-state index in [1.54, 1.807) is 11.3 Å². The standard InChI is InChI=1S/C15H19ClN2S/c1-11-5-3-4-6-12(11)9-18(2)14(8-17)15-7-13(16)10-19-15/h3-7,10,14H,8-9,17H2,1-2H3. The van der Waals surface area contributed by atoms with Crippen LogP contribution in [-0.4, -0.2) is 18.5 Å². The van der Waals surface area contributed by atoms with Gasteiger partial charge < -0.3 is 5.73 Å². The number of nitrogens with two attached hydrogens (primary N) is 1. The molecule has 1 unspecified atom stereocenters. The summed E-state index contributed by atoms with van der Waals surface area (Å²) in [6.45, 7) is 3.63. The first-order valence-corrected chi connectivity index (χ1v) is 7.56. The van der Waals surface area contributed by atoms with Crippen molar-refractivity contribution in [2.45, 2.75) is 19.5 Å². The Labute approximate surface area is 123 Å². The minimum absolute atomic E-state index is 0.220. The van der Waals surface area contributed by atoms with Gasteiger partial charge in [-0.2, -0.15) is 0 Å². The van der Waals surface area contributed by atoms with Crippen molar-refractivity contribution >= 4 is 22.9 Å². The number of likely N-dealkylation sites (N-methyl/N-ethyl adjacent to an activating group) is 1. The van der Waals surface area contributed by atoms with Crippen LogP contribution in [0.15, 0.2) is 35.7 Å². The average Bonchev–Trinajstić information content (AvgIpc) is 2.80. The highest BCUT2D eigenvalue weighted by atomic mass is 35.5. The summed E-state index contributed by atoms with van der Waals surface area (Å²) >= 11 is 7.67. The zero-order valence-corrected chi connectivity index (χ0v) is 12.8. The fraction of sp³-hybridized carbons (Fsp3) is 0.333. The second kappa shape index (κ2) is 6.53. The summed E-state index contributed by atoms with van der Waals surface area (Å²) in [7, 11) is 2.11. The molecule has 0 aliphatic carbocycles. The van der Waals surface area contributed by atoms with Crippen LogP contribution in [0, 0.1) is 6.92 Å². The van der Waals surface area contributed by atoms with E-state index in [2.05, 4.69) is 43.1 Å². The fourth-order valence-corrected chi connectivity index (χ4v) is 3.44. The van der Waals surface area contributed by atoms with E-state index < -0.39 is 0 Å². The second-order valence-electron chi connectivity index (χ2n) is 4.76. The van der Waals surface area contributed by atoms with Crippen LogP contribution < -0.4 is 5.73 Å². The van der Waals surface area contributed by atoms with Crippen molar-refractivity contribution in [2.75, 3.05) is 13.6 Å². The van der Waals surface area contributed by atoms with Crippen molar-refractivity contribution < 1.29 is 0 Å². The van der Waals surface area contributed by atoms with Crippen molar-refractivity contribution in [3.8, 4) is 0 Å². The molecule has 2 N–H and O–H groups in total. The summed E-state index contributed by atoms with van der Waals surface area (Å²) in [6, 6.07) is 10.7. The highest BCUT2D eigenvalue weighted by molar-refractivity contribution is 7.10. The van der Waals surface area contributed by atoms with Crippen molar-refractivity contribution in [3.63, 3.8) is 0 Å². The Balaban J connectivity index is 2.13. The molecule has 0 bridgehead atoms. The highest BCUT2D eigenvalue weighted by Gasteiger charge is 2.18. The Morgan fingerprint density at radius 1 is 1.37 bits per heavy atom. The first-order valence-electron chi connectivity index (χ1n) is 6.30. The van der Waals surface area contributed by atoms with E-state index >= 15 is 0 Å². The highest BCUT2D eigenvalue weighted by Crippen LogP contribution is 2.29. The smallest absolute Gasteiger partial charge is 0.0565 e. The molecule has 2 nitrogen and oxygen atoms in total. The SMILES string of the molecule is Cc1ccccc1CN(C)C(CN)c1cc(Cl)cs1. The summed E-state index contributed by atoms with van der Waals surface area (Å²) in [6.07, 6.45) is 0. The number of hydrogen-bond acceptors (Lipinski definition) is 3. The van der Waals surface area contributed by atoms with Gasteiger partial charge in [0.2, 0.25) is 0 Å². The minimum Gasteiger partial charge on any atom is -0.329 e. The van der Waals surface area contributed by atoms with Crippen molar-refractivity contribution in [1.82, 2.24) is 4.90 Å². The molecule has 0 amide bonds. The number of benzene rings is 1. The van der Waals surface area contributed by atoms with Crippen molar-refractivity contribution in [2.24, 2.45) is 5.73 Å². The van der Waals surface area contributed by atoms with Gasteiger partial charge in [-0.1, -0.05) is 35.9 Å². The molecule has 0 saturated heterocycles. The normalized spacial score (nSPS) is 12.9. The van der Waals surface area contributed by atoms with Gasteiger partial charge in [-0.3, -0.25) is 4.90 Å². The van der Waals surface area contributed by atoms with E-state index in [0.29, 0.717) is 6.54 Å². The summed E-state index contributed by atoms with van der Waals surface area (Å²) in [5, 5.41) is 2.75. The quantitative estimate of drug-likeness (QED) is 0.908. The Bertz CT molecular complexity index is 538. The Hall–Kier alpha value is -0.870. The summed E-state index contributed by atoms with van der Waals surface area (Å²) in [4.78, 5) is 3.51. The van der Waals surface area contributed by atoms with Crippen LogP contribution in [0.2, 0.25) is 5.02 Å². The van der Waals surface area contributed by atoms with E-state index in [1.165, 1.54) is 16.0 Å². The van der Waals surface area contributed by atoms with Gasteiger partial charge in [0, 0.05) is 23.3 Å². The van der Waals surface area contributed by atoms with E-state index in [9.17, 15) is 0 Å². The molecule has 0 radical (unpaired) electrons. The predicted molar refractivity (Wildman–Crippen MR) is 83.8 cm³/mol. The molecule has 0 fully saturated rings. The van der Waals surface area contributed by atoms with E-state index in [0.717, 1.165) is 11.6 Å². The maximum Gasteiger partial charge on any atom is 0.0565 e. The number of nitrogens with zero attached hydrogens (tertiary/aromatic N) is 1. The topological polar surface area (TPSA) is 29.3 Å². The van der Waals surface area contributed by atoms with Gasteiger partial charge in [-0.15, -0.1) is 11.3 Å². The van der Waals surface area contributed by atoms with Crippen LogP contribution in [0.3, 0.4) is 0 Å². The van der Waals surface area contributed by atoms with Gasteiger partial charge >= 0.3 is 0 Å². The van der Waals surface area contributed by atoms with Gasteiger partial charge in [0.25, 0.3) is 0 Å². The Morgan fingerprint density at radius 3 is 2.68 bits per heavy atom. The molecule has 1 atom stereocenters. The van der Waals surface area contributed by atoms with Crippen LogP contribution >= 0.6 is 22.9 Å². The van der Waals surface area contributed by atoms with Crippen LogP contribution in [0.1, 0.15) is 22.0 Å². The molecule has 1 heterocycles. The number of thiophene rings is 1. The average molecular weight is 295 g/mol. The van der Waals surface area contributed by atoms with Crippen molar-refractivity contribution in [1.29, 1.82) is 0 Å². The van der Waals surface area contributed by atoms with E-state index in [1.807, 2.05) is 11.4 Å². The molecule has 19 heavy (non-hydrogen) atoms. The zero-order chi connectivity index (χ0) is 13.8. The van der Waals surface area contributed by atoms with Gasteiger partial charge in [0.1, 0.15) is 0 Å². The third kappa shape index (κ3) is 3.57. The van der Waals surface area contributed by atoms with Gasteiger partial charge in [0.15, 0.2) is 0 Å². The predicted octanol–water partition coefficient (Wildman–Crippen LogP) is 3.84. The summed E-state index contributed by atoms with van der Waals surface area (Å²) in [5.74, 6) is 0. The molecule has 0 saturated carbocycles. The van der Waals surface area contributed by atoms with E-state index in [4.69, 9.17) is 17.3 Å². The van der Waals surface area contributed by atoms with Crippen molar-refractivity contribution in [3.05, 3.63) is 56.7 Å². The Morgan fingerprint density at radius 2 is 2.11 bits per heavy atom. The first kappa shape index (κ1) is 14.5. The zero-order valence-electron chi connectivity index (χ0n) is 11.3. The second-order valence-corrected chi connectivity index (χ2v) is 6.14. The minimum atomic E-state index is 0.220. The molecule has 0 aliphatic heterocycles. The third-order valence-electron chi connectivity index (χ3n) is 3.35. The molecule has 2 rings (SSSR count). The van der Waals surface area contributed by atoms with Gasteiger partial charge in [0.05, 0.1) is 11.1 Å². The Kier molecular flexibility index (Phi) is 4.99. The van der Waals surface area contributed by atoms with Crippen LogP contribution in [0.5, 0.6) is 0 Å². The molecule has 2 aromatic rings. The van der Waals surface area contributed by atoms with Gasteiger partial charge in [-0.05, 0) is 31.2 Å². The lowest BCUT2D eigenvalue weighted by atomic mass is 10.1. The molecule has 102 valence electrons.